The molecule has 0 saturated carbocycles. The quantitative estimate of drug-likeness (QED) is 0.0437. The van der Waals surface area contributed by atoms with Gasteiger partial charge in [0.15, 0.2) is 0 Å². The first kappa shape index (κ1) is 55.7. The fraction of sp³-hybridized carbons (Fsp3) is 0.682. The summed E-state index contributed by atoms with van der Waals surface area (Å²) in [6.45, 7) is 16.0. The van der Waals surface area contributed by atoms with Crippen molar-refractivity contribution in [2.75, 3.05) is 59.7 Å². The van der Waals surface area contributed by atoms with E-state index >= 15 is 0 Å². The third-order valence-electron chi connectivity index (χ3n) is 9.53. The molecule has 0 fully saturated rings. The molecule has 2 aromatic rings. The van der Waals surface area contributed by atoms with Crippen molar-refractivity contribution in [3.05, 3.63) is 45.9 Å². The molecule has 0 aliphatic heterocycles. The first-order valence-electron chi connectivity index (χ1n) is 22.1. The average Bonchev–Trinajstić information content (AvgIpc) is 3.74. The number of benzene rings is 1. The fourth-order valence-corrected chi connectivity index (χ4v) is 7.14. The Morgan fingerprint density at radius 1 is 0.887 bits per heavy atom. The van der Waals surface area contributed by atoms with E-state index in [-0.39, 0.29) is 61.3 Å². The molecule has 18 heteroatoms. The van der Waals surface area contributed by atoms with Gasteiger partial charge in [-0.2, -0.15) is 0 Å². The zero-order valence-electron chi connectivity index (χ0n) is 38.2. The highest BCUT2D eigenvalue weighted by atomic mass is 32.1. The van der Waals surface area contributed by atoms with Crippen LogP contribution in [0.2, 0.25) is 0 Å². The van der Waals surface area contributed by atoms with Crippen LogP contribution >= 0.6 is 11.3 Å². The number of phenolic OH excluding ortho intramolecular Hbond substituents is 1. The highest BCUT2D eigenvalue weighted by molar-refractivity contribution is 7.09. The van der Waals surface area contributed by atoms with Gasteiger partial charge >= 0.3 is 6.09 Å². The number of aromatic nitrogens is 1. The Balaban J connectivity index is 0.00000170. The number of likely N-dealkylation sites (N-methyl/N-ethyl adjacent to an activating group) is 1. The molecule has 1 heterocycles. The van der Waals surface area contributed by atoms with E-state index in [9.17, 15) is 29.1 Å². The van der Waals surface area contributed by atoms with Gasteiger partial charge in [-0.25, -0.2) is 15.2 Å². The summed E-state index contributed by atoms with van der Waals surface area (Å²) >= 11 is 1.35. The molecule has 352 valence electrons. The second-order valence-corrected chi connectivity index (χ2v) is 16.4. The number of hydrogen-bond acceptors (Lipinski definition) is 13. The molecule has 8 N–H and O–H groups in total. The molecule has 0 aliphatic rings. The lowest BCUT2D eigenvalue weighted by molar-refractivity contribution is -0.136. The summed E-state index contributed by atoms with van der Waals surface area (Å²) in [6.07, 6.45) is 6.21. The van der Waals surface area contributed by atoms with E-state index in [0.29, 0.717) is 57.1 Å². The normalized spacial score (nSPS) is 12.5. The number of carbonyl (C=O) groups excluding carboxylic acids is 5. The van der Waals surface area contributed by atoms with Gasteiger partial charge in [-0.1, -0.05) is 66.5 Å². The topological polar surface area (TPSA) is 241 Å². The minimum atomic E-state index is -0.833. The van der Waals surface area contributed by atoms with Gasteiger partial charge in [-0.05, 0) is 75.7 Å². The van der Waals surface area contributed by atoms with Gasteiger partial charge in [-0.15, -0.1) is 11.3 Å². The number of ether oxygens (including phenoxy) is 3. The number of aromatic hydroxyl groups is 1. The lowest BCUT2D eigenvalue weighted by atomic mass is 9.95. The molecule has 0 spiro atoms. The van der Waals surface area contributed by atoms with Crippen LogP contribution in [-0.2, 0) is 35.0 Å². The second kappa shape index (κ2) is 33.2. The first-order chi connectivity index (χ1) is 29.7. The van der Waals surface area contributed by atoms with Gasteiger partial charge in [0.2, 0.25) is 17.7 Å². The minimum Gasteiger partial charge on any atom is -0.508 e. The molecule has 3 unspecified atom stereocenters. The zero-order chi connectivity index (χ0) is 46.3. The highest BCUT2D eigenvalue weighted by Gasteiger charge is 2.31. The molecule has 1 aromatic carbocycles. The molecule has 3 atom stereocenters. The molecular weight excluding hydrogens is 817 g/mol. The number of hydrogen-bond donors (Lipinski definition) is 6. The lowest BCUT2D eigenvalue weighted by Gasteiger charge is -2.36. The van der Waals surface area contributed by atoms with Crippen molar-refractivity contribution in [1.29, 1.82) is 0 Å². The van der Waals surface area contributed by atoms with Crippen molar-refractivity contribution in [2.24, 2.45) is 17.4 Å². The Kier molecular flexibility index (Phi) is 29.8. The van der Waals surface area contributed by atoms with E-state index in [1.807, 2.05) is 23.8 Å². The Labute approximate surface area is 373 Å². The molecule has 2 rings (SSSR count). The number of carbonyl (C=O) groups is 5. The number of nitrogens with two attached hydrogens (primary N) is 2. The number of primary amides is 1. The van der Waals surface area contributed by atoms with Crippen LogP contribution in [-0.4, -0.2) is 121 Å². The SMILES string of the molecule is CCCCC(=O)N(CCC)C(CC(OCCC)c1nc(C(=O)NC(CCC(=O)NNC(=O)OCCOCCN)Cc2ccc(O)cc2)cs1)C(C)C.CCCCN(C)CC(N)=O. The molecule has 62 heavy (non-hydrogen) atoms. The monoisotopic (exact) mass is 893 g/mol. The predicted octanol–water partition coefficient (Wildman–Crippen LogP) is 5.22. The Hall–Kier alpha value is -4.36. The summed E-state index contributed by atoms with van der Waals surface area (Å²) in [7, 11) is 1.90. The number of thiazole rings is 1. The molecule has 5 amide bonds. The maximum atomic E-state index is 13.6. The summed E-state index contributed by atoms with van der Waals surface area (Å²) in [6, 6.07) is 6.09. The van der Waals surface area contributed by atoms with E-state index in [4.69, 9.17) is 30.7 Å². The number of amides is 5. The van der Waals surface area contributed by atoms with E-state index in [1.165, 1.54) is 11.3 Å². The number of unbranched alkanes of at least 4 members (excludes halogenated alkanes) is 2. The summed E-state index contributed by atoms with van der Waals surface area (Å²) < 4.78 is 16.4. The summed E-state index contributed by atoms with van der Waals surface area (Å²) in [5.41, 5.74) is 15.9. The Morgan fingerprint density at radius 2 is 1.60 bits per heavy atom. The van der Waals surface area contributed by atoms with E-state index < -0.39 is 30.1 Å². The van der Waals surface area contributed by atoms with Crippen molar-refractivity contribution in [3.63, 3.8) is 0 Å². The van der Waals surface area contributed by atoms with Crippen LogP contribution in [0.3, 0.4) is 0 Å². The molecule has 1 aromatic heterocycles. The van der Waals surface area contributed by atoms with Crippen molar-refractivity contribution in [2.45, 2.75) is 130 Å². The number of rotatable bonds is 30. The van der Waals surface area contributed by atoms with E-state index in [0.717, 1.165) is 50.6 Å². The Bertz CT molecular complexity index is 1560. The molecule has 0 aliphatic carbocycles. The molecule has 0 radical (unpaired) electrons. The van der Waals surface area contributed by atoms with Crippen LogP contribution in [0.15, 0.2) is 29.6 Å². The summed E-state index contributed by atoms with van der Waals surface area (Å²) in [4.78, 5) is 70.4. The van der Waals surface area contributed by atoms with Crippen LogP contribution in [0.4, 0.5) is 4.79 Å². The molecule has 0 bridgehead atoms. The second-order valence-electron chi connectivity index (χ2n) is 15.5. The van der Waals surface area contributed by atoms with Crippen LogP contribution in [0.1, 0.15) is 133 Å². The average molecular weight is 893 g/mol. The largest absolute Gasteiger partial charge is 0.508 e. The van der Waals surface area contributed by atoms with Crippen LogP contribution in [0.25, 0.3) is 0 Å². The van der Waals surface area contributed by atoms with Gasteiger partial charge in [0.05, 0.1) is 19.8 Å². The minimum absolute atomic E-state index is 0.000574. The van der Waals surface area contributed by atoms with Crippen molar-refractivity contribution < 1.29 is 43.3 Å². The van der Waals surface area contributed by atoms with Gasteiger partial charge in [0, 0.05) is 56.4 Å². The van der Waals surface area contributed by atoms with E-state index in [2.05, 4.69) is 50.8 Å². The van der Waals surface area contributed by atoms with Gasteiger partial charge < -0.3 is 41.0 Å². The third-order valence-corrected chi connectivity index (χ3v) is 10.5. The fourth-order valence-electron chi connectivity index (χ4n) is 6.28. The maximum absolute atomic E-state index is 13.6. The van der Waals surface area contributed by atoms with Gasteiger partial charge in [-0.3, -0.25) is 29.5 Å². The number of nitrogens with zero attached hydrogens (tertiary/aromatic N) is 3. The standard InChI is InChI=1S/C37H60N6O8S.C7H16N2O/c1-6-9-10-34(46)43(18-7-2)31(26(4)5)24-32(50-19-8-3)36-40-30(25-52-36)35(47)39-28(23-27-11-14-29(44)15-12-27)13-16-33(45)41-42-37(48)51-22-21-49-20-17-38;1-3-4-5-9(2)6-7(8)10/h11-12,14-15,25-26,28,31-32,44H,6-10,13,16-24,38H2,1-5H3,(H,39,47)(H,41,45)(H,42,48);3-6H2,1-2H3,(H2,8,10). The molecule has 17 nitrogen and oxygen atoms in total. The molecular formula is C44H76N8O9S. The number of hydrazine groups is 1. The lowest BCUT2D eigenvalue weighted by Crippen LogP contribution is -2.44. The van der Waals surface area contributed by atoms with Gasteiger partial charge in [0.25, 0.3) is 5.91 Å². The Morgan fingerprint density at radius 3 is 2.21 bits per heavy atom. The molecule has 0 saturated heterocycles. The third kappa shape index (κ3) is 24.3. The summed E-state index contributed by atoms with van der Waals surface area (Å²) in [5, 5.41) is 15.1. The first-order valence-corrected chi connectivity index (χ1v) is 23.0. The van der Waals surface area contributed by atoms with Crippen LogP contribution in [0.5, 0.6) is 5.75 Å². The predicted molar refractivity (Wildman–Crippen MR) is 242 cm³/mol. The smallest absolute Gasteiger partial charge is 0.426 e. The summed E-state index contributed by atoms with van der Waals surface area (Å²) in [5.74, 6) is -0.666. The maximum Gasteiger partial charge on any atom is 0.426 e. The van der Waals surface area contributed by atoms with E-state index in [1.54, 1.807) is 29.6 Å². The highest BCUT2D eigenvalue weighted by Crippen LogP contribution is 2.31. The van der Waals surface area contributed by atoms with Crippen molar-refractivity contribution >= 4 is 41.1 Å². The van der Waals surface area contributed by atoms with Crippen LogP contribution in [0, 0.1) is 5.92 Å². The van der Waals surface area contributed by atoms with Crippen molar-refractivity contribution in [1.82, 2.24) is 31.0 Å². The van der Waals surface area contributed by atoms with Crippen molar-refractivity contribution in [3.8, 4) is 5.75 Å². The number of phenols is 1. The number of nitrogens with one attached hydrogen (secondary N) is 3. The van der Waals surface area contributed by atoms with Gasteiger partial charge in [0.1, 0.15) is 29.2 Å². The van der Waals surface area contributed by atoms with Crippen LogP contribution < -0.4 is 27.6 Å². The zero-order valence-corrected chi connectivity index (χ0v) is 39.1.